The summed E-state index contributed by atoms with van der Waals surface area (Å²) in [5, 5.41) is 11.1. The highest BCUT2D eigenvalue weighted by molar-refractivity contribution is 9.10. The molecule has 112 valence electrons. The first-order valence-electron chi connectivity index (χ1n) is 6.02. The van der Waals surface area contributed by atoms with Crippen molar-refractivity contribution in [1.29, 1.82) is 0 Å². The molecule has 0 aliphatic heterocycles. The molecule has 6 heteroatoms. The van der Waals surface area contributed by atoms with Crippen molar-refractivity contribution in [3.05, 3.63) is 55.4 Å². The molecule has 0 amide bonds. The van der Waals surface area contributed by atoms with Crippen molar-refractivity contribution in [2.24, 2.45) is 0 Å². The highest BCUT2D eigenvalue weighted by Crippen LogP contribution is 2.40. The normalized spacial score (nSPS) is 12.1. The topological polar surface area (TPSA) is 38.7 Å². The lowest BCUT2D eigenvalue weighted by atomic mass is 10.0. The van der Waals surface area contributed by atoms with E-state index in [1.807, 2.05) is 6.07 Å². The molecular formula is C15H13Br2ClO3. The van der Waals surface area contributed by atoms with Crippen LogP contribution in [0.4, 0.5) is 0 Å². The van der Waals surface area contributed by atoms with Crippen LogP contribution in [0.25, 0.3) is 0 Å². The van der Waals surface area contributed by atoms with E-state index in [0.29, 0.717) is 27.6 Å². The molecule has 1 unspecified atom stereocenters. The standard InChI is InChI=1S/C15H13Br2ClO3/c1-20-13-7-11(17)14(21-2)6-10(13)15(19)9-5-8(16)3-4-12(9)18/h3-7,15,19H,1-2H3. The predicted molar refractivity (Wildman–Crippen MR) is 90.5 cm³/mol. The molecule has 0 aromatic heterocycles. The molecule has 2 rings (SSSR count). The van der Waals surface area contributed by atoms with Crippen LogP contribution in [0, 0.1) is 0 Å². The molecule has 21 heavy (non-hydrogen) atoms. The quantitative estimate of drug-likeness (QED) is 0.736. The van der Waals surface area contributed by atoms with Gasteiger partial charge in [-0.25, -0.2) is 0 Å². The minimum atomic E-state index is -0.924. The average molecular weight is 437 g/mol. The Bertz CT molecular complexity index is 662. The molecule has 0 fully saturated rings. The zero-order valence-electron chi connectivity index (χ0n) is 11.4. The van der Waals surface area contributed by atoms with Gasteiger partial charge in [0, 0.05) is 20.6 Å². The van der Waals surface area contributed by atoms with Crippen LogP contribution in [0.5, 0.6) is 11.5 Å². The number of ether oxygens (including phenoxy) is 2. The first kappa shape index (κ1) is 16.6. The summed E-state index contributed by atoms with van der Waals surface area (Å²) in [7, 11) is 3.11. The molecule has 0 aliphatic rings. The molecule has 2 aromatic carbocycles. The van der Waals surface area contributed by atoms with Crippen LogP contribution in [0.15, 0.2) is 39.3 Å². The summed E-state index contributed by atoms with van der Waals surface area (Å²) < 4.78 is 12.2. The smallest absolute Gasteiger partial charge is 0.133 e. The van der Waals surface area contributed by atoms with Gasteiger partial charge in [-0.05, 0) is 46.3 Å². The van der Waals surface area contributed by atoms with Crippen molar-refractivity contribution in [1.82, 2.24) is 0 Å². The fourth-order valence-electron chi connectivity index (χ4n) is 1.99. The summed E-state index contributed by atoms with van der Waals surface area (Å²) in [6, 6.07) is 8.81. The van der Waals surface area contributed by atoms with Gasteiger partial charge in [0.05, 0.1) is 18.7 Å². The SMILES string of the molecule is COc1cc(C(O)c2cc(Br)ccc2Cl)c(OC)cc1Br. The van der Waals surface area contributed by atoms with Gasteiger partial charge in [-0.15, -0.1) is 0 Å². The average Bonchev–Trinajstić information content (AvgIpc) is 2.48. The molecule has 1 atom stereocenters. The van der Waals surface area contributed by atoms with Crippen LogP contribution in [-0.4, -0.2) is 19.3 Å². The number of hydrogen-bond acceptors (Lipinski definition) is 3. The van der Waals surface area contributed by atoms with Crippen LogP contribution in [0.3, 0.4) is 0 Å². The van der Waals surface area contributed by atoms with E-state index < -0.39 is 6.10 Å². The number of halogens is 3. The van der Waals surface area contributed by atoms with E-state index >= 15 is 0 Å². The van der Waals surface area contributed by atoms with Crippen LogP contribution < -0.4 is 9.47 Å². The summed E-state index contributed by atoms with van der Waals surface area (Å²) in [5.74, 6) is 1.15. The molecule has 0 spiro atoms. The van der Waals surface area contributed by atoms with E-state index in [0.717, 1.165) is 8.95 Å². The predicted octanol–water partition coefficient (Wildman–Crippen LogP) is 4.96. The van der Waals surface area contributed by atoms with Gasteiger partial charge >= 0.3 is 0 Å². The highest BCUT2D eigenvalue weighted by Gasteiger charge is 2.20. The summed E-state index contributed by atoms with van der Waals surface area (Å²) in [6.07, 6.45) is -0.924. The Morgan fingerprint density at radius 3 is 2.29 bits per heavy atom. The van der Waals surface area contributed by atoms with Crippen molar-refractivity contribution in [2.75, 3.05) is 14.2 Å². The van der Waals surface area contributed by atoms with E-state index in [1.165, 1.54) is 0 Å². The fraction of sp³-hybridized carbons (Fsp3) is 0.200. The Balaban J connectivity index is 2.56. The number of methoxy groups -OCH3 is 2. The second kappa shape index (κ2) is 7.01. The van der Waals surface area contributed by atoms with Gasteiger partial charge in [-0.1, -0.05) is 27.5 Å². The number of hydrogen-bond donors (Lipinski definition) is 1. The number of aliphatic hydroxyl groups excluding tert-OH is 1. The fourth-order valence-corrected chi connectivity index (χ4v) is 3.07. The molecule has 0 radical (unpaired) electrons. The summed E-state index contributed by atoms with van der Waals surface area (Å²) in [5.41, 5.74) is 1.17. The molecule has 0 saturated heterocycles. The van der Waals surface area contributed by atoms with Crippen molar-refractivity contribution in [2.45, 2.75) is 6.10 Å². The number of rotatable bonds is 4. The maximum Gasteiger partial charge on any atom is 0.133 e. The first-order chi connectivity index (χ1) is 9.97. The third-order valence-corrected chi connectivity index (χ3v) is 4.51. The second-order valence-corrected chi connectivity index (χ2v) is 6.47. The van der Waals surface area contributed by atoms with Gasteiger partial charge in [-0.2, -0.15) is 0 Å². The maximum absolute atomic E-state index is 10.7. The lowest BCUT2D eigenvalue weighted by Crippen LogP contribution is -2.04. The molecule has 0 bridgehead atoms. The van der Waals surface area contributed by atoms with E-state index in [-0.39, 0.29) is 0 Å². The summed E-state index contributed by atoms with van der Waals surface area (Å²) in [4.78, 5) is 0. The summed E-state index contributed by atoms with van der Waals surface area (Å²) >= 11 is 13.0. The molecule has 3 nitrogen and oxygen atoms in total. The molecule has 0 saturated carbocycles. The molecule has 1 N–H and O–H groups in total. The van der Waals surface area contributed by atoms with Gasteiger partial charge in [0.15, 0.2) is 0 Å². The Kier molecular flexibility index (Phi) is 5.54. The summed E-state index contributed by atoms with van der Waals surface area (Å²) in [6.45, 7) is 0. The zero-order chi connectivity index (χ0) is 15.6. The number of benzene rings is 2. The molecule has 0 heterocycles. The first-order valence-corrected chi connectivity index (χ1v) is 7.98. The van der Waals surface area contributed by atoms with Crippen LogP contribution >= 0.6 is 43.5 Å². The van der Waals surface area contributed by atoms with Gasteiger partial charge in [0.1, 0.15) is 17.6 Å². The largest absolute Gasteiger partial charge is 0.496 e. The minimum absolute atomic E-state index is 0.481. The third-order valence-electron chi connectivity index (χ3n) is 3.05. The third kappa shape index (κ3) is 3.54. The van der Waals surface area contributed by atoms with Gasteiger partial charge in [0.25, 0.3) is 0 Å². The monoisotopic (exact) mass is 434 g/mol. The zero-order valence-corrected chi connectivity index (χ0v) is 15.3. The van der Waals surface area contributed by atoms with Gasteiger partial charge in [0.2, 0.25) is 0 Å². The van der Waals surface area contributed by atoms with Gasteiger partial charge in [-0.3, -0.25) is 0 Å². The maximum atomic E-state index is 10.7. The van der Waals surface area contributed by atoms with Crippen LogP contribution in [0.1, 0.15) is 17.2 Å². The van der Waals surface area contributed by atoms with Gasteiger partial charge < -0.3 is 14.6 Å². The van der Waals surface area contributed by atoms with Crippen LogP contribution in [0.2, 0.25) is 5.02 Å². The lowest BCUT2D eigenvalue weighted by molar-refractivity contribution is 0.214. The Labute approximate surface area is 145 Å². The lowest BCUT2D eigenvalue weighted by Gasteiger charge is -2.18. The molecule has 2 aromatic rings. The van der Waals surface area contributed by atoms with E-state index in [1.54, 1.807) is 38.5 Å². The van der Waals surface area contributed by atoms with E-state index in [4.69, 9.17) is 21.1 Å². The molecular weight excluding hydrogens is 423 g/mol. The minimum Gasteiger partial charge on any atom is -0.496 e. The van der Waals surface area contributed by atoms with Crippen LogP contribution in [-0.2, 0) is 0 Å². The van der Waals surface area contributed by atoms with Crippen molar-refractivity contribution < 1.29 is 14.6 Å². The Morgan fingerprint density at radius 2 is 1.67 bits per heavy atom. The van der Waals surface area contributed by atoms with Crippen molar-refractivity contribution >= 4 is 43.5 Å². The Hall–Kier alpha value is -0.750. The van der Waals surface area contributed by atoms with E-state index in [9.17, 15) is 5.11 Å². The Morgan fingerprint density at radius 1 is 1.00 bits per heavy atom. The second-order valence-electron chi connectivity index (χ2n) is 4.30. The van der Waals surface area contributed by atoms with E-state index in [2.05, 4.69) is 31.9 Å². The number of aliphatic hydroxyl groups is 1. The van der Waals surface area contributed by atoms with Crippen molar-refractivity contribution in [3.63, 3.8) is 0 Å². The van der Waals surface area contributed by atoms with Crippen molar-refractivity contribution in [3.8, 4) is 11.5 Å². The highest BCUT2D eigenvalue weighted by atomic mass is 79.9. The molecule has 0 aliphatic carbocycles.